The smallest absolute Gasteiger partial charge is 0.258 e. The topological polar surface area (TPSA) is 89.3 Å². The molecular formula is C9H10ClFN2O4S. The van der Waals surface area contributed by atoms with Crippen molar-refractivity contribution in [3.63, 3.8) is 0 Å². The molecule has 1 aromatic rings. The third-order valence-electron chi connectivity index (χ3n) is 2.02. The number of nitro benzene ring substituents is 1. The summed E-state index contributed by atoms with van der Waals surface area (Å²) in [6.07, 6.45) is 0. The van der Waals surface area contributed by atoms with Gasteiger partial charge in [0, 0.05) is 18.7 Å². The standard InChI is InChI=1S/C9H10ClFN2O4S/c10-7(5-11)6-12-18(16,17)9-3-1-8(2-4-9)13(14)15/h1-4,7,12H,5-6H2. The average Bonchev–Trinajstić information content (AvgIpc) is 2.36. The summed E-state index contributed by atoms with van der Waals surface area (Å²) in [5.41, 5.74) is -0.215. The van der Waals surface area contributed by atoms with E-state index in [1.54, 1.807) is 0 Å². The van der Waals surface area contributed by atoms with Crippen molar-refractivity contribution < 1.29 is 17.7 Å². The highest BCUT2D eigenvalue weighted by atomic mass is 35.5. The third kappa shape index (κ3) is 3.90. The Balaban J connectivity index is 2.82. The zero-order valence-corrected chi connectivity index (χ0v) is 10.6. The fraction of sp³-hybridized carbons (Fsp3) is 0.333. The lowest BCUT2D eigenvalue weighted by Gasteiger charge is -2.08. The lowest BCUT2D eigenvalue weighted by atomic mass is 10.3. The van der Waals surface area contributed by atoms with Gasteiger partial charge in [0.2, 0.25) is 10.0 Å². The number of hydrogen-bond donors (Lipinski definition) is 1. The summed E-state index contributed by atoms with van der Waals surface area (Å²) in [6, 6.07) is 4.34. The van der Waals surface area contributed by atoms with Crippen LogP contribution in [0.25, 0.3) is 0 Å². The average molecular weight is 297 g/mol. The number of benzene rings is 1. The van der Waals surface area contributed by atoms with Gasteiger partial charge in [-0.25, -0.2) is 17.5 Å². The Labute approximate surface area is 108 Å². The van der Waals surface area contributed by atoms with Gasteiger partial charge in [-0.3, -0.25) is 10.1 Å². The van der Waals surface area contributed by atoms with Gasteiger partial charge < -0.3 is 0 Å². The van der Waals surface area contributed by atoms with Crippen molar-refractivity contribution in [1.82, 2.24) is 4.72 Å². The molecule has 0 fully saturated rings. The minimum Gasteiger partial charge on any atom is -0.258 e. The molecule has 1 N–H and O–H groups in total. The van der Waals surface area contributed by atoms with Crippen molar-refractivity contribution in [1.29, 1.82) is 0 Å². The molecule has 1 rings (SSSR count). The van der Waals surface area contributed by atoms with Crippen LogP contribution in [0.3, 0.4) is 0 Å². The number of nitrogens with one attached hydrogen (secondary N) is 1. The van der Waals surface area contributed by atoms with E-state index in [4.69, 9.17) is 11.6 Å². The fourth-order valence-electron chi connectivity index (χ4n) is 1.09. The summed E-state index contributed by atoms with van der Waals surface area (Å²) in [6.45, 7) is -1.11. The van der Waals surface area contributed by atoms with Crippen LogP contribution in [-0.2, 0) is 10.0 Å². The molecule has 1 atom stereocenters. The van der Waals surface area contributed by atoms with Crippen molar-refractivity contribution in [3.8, 4) is 0 Å². The largest absolute Gasteiger partial charge is 0.269 e. The molecule has 1 unspecified atom stereocenters. The summed E-state index contributed by atoms with van der Waals surface area (Å²) >= 11 is 5.43. The zero-order chi connectivity index (χ0) is 13.8. The van der Waals surface area contributed by atoms with Gasteiger partial charge in [-0.2, -0.15) is 0 Å². The third-order valence-corrected chi connectivity index (χ3v) is 3.73. The fourth-order valence-corrected chi connectivity index (χ4v) is 2.34. The van der Waals surface area contributed by atoms with Crippen LogP contribution in [0, 0.1) is 10.1 Å². The lowest BCUT2D eigenvalue weighted by Crippen LogP contribution is -2.30. The quantitative estimate of drug-likeness (QED) is 0.489. The summed E-state index contributed by atoms with van der Waals surface area (Å²) in [5.74, 6) is 0. The van der Waals surface area contributed by atoms with Gasteiger partial charge in [0.05, 0.1) is 15.2 Å². The molecule has 0 aliphatic carbocycles. The van der Waals surface area contributed by atoms with Gasteiger partial charge in [0.25, 0.3) is 5.69 Å². The van der Waals surface area contributed by atoms with E-state index in [9.17, 15) is 22.9 Å². The molecule has 6 nitrogen and oxygen atoms in total. The molecule has 100 valence electrons. The van der Waals surface area contributed by atoms with Crippen molar-refractivity contribution in [2.45, 2.75) is 10.3 Å². The van der Waals surface area contributed by atoms with Gasteiger partial charge in [-0.1, -0.05) is 0 Å². The molecular weight excluding hydrogens is 287 g/mol. The maximum Gasteiger partial charge on any atom is 0.269 e. The van der Waals surface area contributed by atoms with E-state index >= 15 is 0 Å². The molecule has 0 spiro atoms. The molecule has 9 heteroatoms. The van der Waals surface area contributed by atoms with E-state index in [2.05, 4.69) is 4.72 Å². The van der Waals surface area contributed by atoms with Crippen molar-refractivity contribution in [2.24, 2.45) is 0 Å². The van der Waals surface area contributed by atoms with Crippen LogP contribution in [-0.4, -0.2) is 31.9 Å². The number of non-ortho nitro benzene ring substituents is 1. The second-order valence-electron chi connectivity index (χ2n) is 3.35. The molecule has 0 saturated heterocycles. The number of rotatable bonds is 6. The monoisotopic (exact) mass is 296 g/mol. The van der Waals surface area contributed by atoms with Crippen LogP contribution in [0.1, 0.15) is 0 Å². The predicted octanol–water partition coefficient (Wildman–Crippen LogP) is 1.45. The van der Waals surface area contributed by atoms with Crippen molar-refractivity contribution in [2.75, 3.05) is 13.2 Å². The van der Waals surface area contributed by atoms with Gasteiger partial charge in [0.1, 0.15) is 6.67 Å². The first-order chi connectivity index (χ1) is 8.36. The number of nitrogens with zero attached hydrogens (tertiary/aromatic N) is 1. The second-order valence-corrected chi connectivity index (χ2v) is 5.74. The highest BCUT2D eigenvalue weighted by Crippen LogP contribution is 2.15. The Kier molecular flexibility index (Phi) is 5.00. The Bertz CT molecular complexity index is 520. The van der Waals surface area contributed by atoms with Crippen molar-refractivity contribution >= 4 is 27.3 Å². The second kappa shape index (κ2) is 6.07. The maximum atomic E-state index is 12.1. The molecule has 0 aromatic heterocycles. The minimum absolute atomic E-state index is 0.143. The summed E-state index contributed by atoms with van der Waals surface area (Å²) in [4.78, 5) is 9.62. The summed E-state index contributed by atoms with van der Waals surface area (Å²) < 4.78 is 37.5. The Morgan fingerprint density at radius 2 is 1.94 bits per heavy atom. The van der Waals surface area contributed by atoms with E-state index < -0.39 is 27.0 Å². The predicted molar refractivity (Wildman–Crippen MR) is 63.9 cm³/mol. The first kappa shape index (κ1) is 14.8. The highest BCUT2D eigenvalue weighted by molar-refractivity contribution is 7.89. The van der Waals surface area contributed by atoms with Gasteiger partial charge in [0.15, 0.2) is 0 Å². The highest BCUT2D eigenvalue weighted by Gasteiger charge is 2.17. The van der Waals surface area contributed by atoms with Crippen LogP contribution in [0.15, 0.2) is 29.2 Å². The summed E-state index contributed by atoms with van der Waals surface area (Å²) in [5, 5.41) is 9.45. The van der Waals surface area contributed by atoms with Crippen LogP contribution in [0.4, 0.5) is 10.1 Å². The molecule has 18 heavy (non-hydrogen) atoms. The number of sulfonamides is 1. The Morgan fingerprint density at radius 3 is 2.39 bits per heavy atom. The first-order valence-electron chi connectivity index (χ1n) is 4.81. The van der Waals surface area contributed by atoms with Crippen LogP contribution < -0.4 is 4.72 Å². The number of alkyl halides is 2. The SMILES string of the molecule is O=[N+]([O-])c1ccc(S(=O)(=O)NCC(Cl)CF)cc1. The molecule has 0 saturated carbocycles. The van der Waals surface area contributed by atoms with Gasteiger partial charge >= 0.3 is 0 Å². The van der Waals surface area contributed by atoms with Crippen molar-refractivity contribution in [3.05, 3.63) is 34.4 Å². The van der Waals surface area contributed by atoms with Crippen LogP contribution in [0.5, 0.6) is 0 Å². The van der Waals surface area contributed by atoms with Gasteiger partial charge in [-0.15, -0.1) is 11.6 Å². The number of nitro groups is 1. The van der Waals surface area contributed by atoms with E-state index in [0.29, 0.717) is 0 Å². The normalized spacial score (nSPS) is 13.2. The lowest BCUT2D eigenvalue weighted by molar-refractivity contribution is -0.384. The zero-order valence-electron chi connectivity index (χ0n) is 9.05. The van der Waals surface area contributed by atoms with Gasteiger partial charge in [-0.05, 0) is 12.1 Å². The Hall–Kier alpha value is -1.25. The molecule has 0 radical (unpaired) electrons. The first-order valence-corrected chi connectivity index (χ1v) is 6.73. The summed E-state index contributed by atoms with van der Waals surface area (Å²) in [7, 11) is -3.83. The maximum absolute atomic E-state index is 12.1. The Morgan fingerprint density at radius 1 is 1.39 bits per heavy atom. The van der Waals surface area contributed by atoms with E-state index in [-0.39, 0.29) is 17.1 Å². The number of hydrogen-bond acceptors (Lipinski definition) is 4. The minimum atomic E-state index is -3.83. The molecule has 0 heterocycles. The van der Waals surface area contributed by atoms with E-state index in [0.717, 1.165) is 24.3 Å². The molecule has 1 aromatic carbocycles. The molecule has 0 amide bonds. The molecule has 0 aliphatic rings. The van der Waals surface area contributed by atoms with E-state index in [1.807, 2.05) is 0 Å². The van der Waals surface area contributed by atoms with E-state index in [1.165, 1.54) is 0 Å². The molecule has 0 bridgehead atoms. The van der Waals surface area contributed by atoms with Crippen LogP contribution >= 0.6 is 11.6 Å². The van der Waals surface area contributed by atoms with Crippen LogP contribution in [0.2, 0.25) is 0 Å². The molecule has 0 aliphatic heterocycles. The number of halogens is 2.